The van der Waals surface area contributed by atoms with Crippen molar-refractivity contribution in [2.75, 3.05) is 19.8 Å². The number of hydrogen-bond acceptors (Lipinski definition) is 4. The highest BCUT2D eigenvalue weighted by atomic mass is 16.7. The highest BCUT2D eigenvalue weighted by Gasteiger charge is 2.30. The molecular weight excluding hydrogens is 182 g/mol. The molecule has 14 heavy (non-hydrogen) atoms. The van der Waals surface area contributed by atoms with Crippen LogP contribution in [-0.2, 0) is 9.47 Å². The van der Waals surface area contributed by atoms with Gasteiger partial charge in [0, 0.05) is 0 Å². The second-order valence-corrected chi connectivity index (χ2v) is 3.78. The van der Waals surface area contributed by atoms with Crippen molar-refractivity contribution in [3.05, 3.63) is 0 Å². The molecule has 0 aromatic heterocycles. The van der Waals surface area contributed by atoms with E-state index in [9.17, 15) is 5.11 Å². The maximum Gasteiger partial charge on any atom is 0.162 e. The summed E-state index contributed by atoms with van der Waals surface area (Å²) in [4.78, 5) is 0. The third-order valence-corrected chi connectivity index (χ3v) is 2.14. The van der Waals surface area contributed by atoms with Crippen molar-refractivity contribution in [3.63, 3.8) is 0 Å². The van der Waals surface area contributed by atoms with E-state index < -0.39 is 11.9 Å². The first-order valence-electron chi connectivity index (χ1n) is 4.68. The Morgan fingerprint density at radius 2 is 2.14 bits per heavy atom. The van der Waals surface area contributed by atoms with E-state index in [0.717, 1.165) is 0 Å². The van der Waals surface area contributed by atoms with Crippen LogP contribution >= 0.6 is 0 Å². The molecule has 0 saturated carbocycles. The van der Waals surface area contributed by atoms with Gasteiger partial charge >= 0.3 is 0 Å². The lowest BCUT2D eigenvalue weighted by Gasteiger charge is -2.22. The largest absolute Gasteiger partial charge is 0.389 e. The molecule has 2 N–H and O–H groups in total. The summed E-state index contributed by atoms with van der Waals surface area (Å²) >= 11 is 0. The third kappa shape index (κ3) is 3.28. The SMILES string of the molecule is C#CCN[C@@H]1COC(C)(C)OC[C@H]1O. The fourth-order valence-corrected chi connectivity index (χ4v) is 1.23. The van der Waals surface area contributed by atoms with Gasteiger partial charge in [-0.15, -0.1) is 6.42 Å². The van der Waals surface area contributed by atoms with Crippen molar-refractivity contribution in [1.29, 1.82) is 0 Å². The molecule has 0 radical (unpaired) electrons. The Bertz CT molecular complexity index is 222. The molecule has 0 aromatic carbocycles. The van der Waals surface area contributed by atoms with E-state index in [2.05, 4.69) is 11.2 Å². The van der Waals surface area contributed by atoms with Crippen LogP contribution < -0.4 is 5.32 Å². The smallest absolute Gasteiger partial charge is 0.162 e. The molecule has 1 aliphatic rings. The molecule has 1 heterocycles. The molecule has 0 unspecified atom stereocenters. The van der Waals surface area contributed by atoms with E-state index in [4.69, 9.17) is 15.9 Å². The van der Waals surface area contributed by atoms with Crippen LogP contribution in [0.3, 0.4) is 0 Å². The lowest BCUT2D eigenvalue weighted by molar-refractivity contribution is -0.203. The Balaban J connectivity index is 2.48. The van der Waals surface area contributed by atoms with Crippen molar-refractivity contribution in [2.24, 2.45) is 0 Å². The van der Waals surface area contributed by atoms with Gasteiger partial charge in [-0.3, -0.25) is 5.32 Å². The zero-order valence-corrected chi connectivity index (χ0v) is 8.62. The van der Waals surface area contributed by atoms with Crippen LogP contribution in [0.5, 0.6) is 0 Å². The lowest BCUT2D eigenvalue weighted by atomic mass is 10.2. The summed E-state index contributed by atoms with van der Waals surface area (Å²) in [6, 6.07) is -0.159. The molecule has 80 valence electrons. The van der Waals surface area contributed by atoms with Crippen molar-refractivity contribution in [1.82, 2.24) is 5.32 Å². The third-order valence-electron chi connectivity index (χ3n) is 2.14. The number of aliphatic hydroxyl groups excluding tert-OH is 1. The van der Waals surface area contributed by atoms with Gasteiger partial charge in [-0.05, 0) is 13.8 Å². The predicted molar refractivity (Wildman–Crippen MR) is 52.6 cm³/mol. The van der Waals surface area contributed by atoms with Crippen molar-refractivity contribution in [2.45, 2.75) is 31.8 Å². The van der Waals surface area contributed by atoms with Crippen molar-refractivity contribution in [3.8, 4) is 12.3 Å². The summed E-state index contributed by atoms with van der Waals surface area (Å²) < 4.78 is 10.8. The molecule has 2 atom stereocenters. The quantitative estimate of drug-likeness (QED) is 0.601. The van der Waals surface area contributed by atoms with Gasteiger partial charge in [0.25, 0.3) is 0 Å². The highest BCUT2D eigenvalue weighted by Crippen LogP contribution is 2.17. The minimum atomic E-state index is -0.631. The van der Waals surface area contributed by atoms with Gasteiger partial charge < -0.3 is 14.6 Å². The van der Waals surface area contributed by atoms with E-state index in [0.29, 0.717) is 13.2 Å². The maximum atomic E-state index is 9.67. The molecule has 0 amide bonds. The molecule has 1 fully saturated rings. The molecule has 0 aliphatic carbocycles. The van der Waals surface area contributed by atoms with Crippen LogP contribution in [0.1, 0.15) is 13.8 Å². The Morgan fingerprint density at radius 1 is 1.50 bits per heavy atom. The van der Waals surface area contributed by atoms with E-state index in [1.54, 1.807) is 0 Å². The highest BCUT2D eigenvalue weighted by molar-refractivity contribution is 4.90. The van der Waals surface area contributed by atoms with Crippen LogP contribution in [0.4, 0.5) is 0 Å². The summed E-state index contributed by atoms with van der Waals surface area (Å²) in [5.41, 5.74) is 0. The van der Waals surface area contributed by atoms with Crippen LogP contribution in [0.25, 0.3) is 0 Å². The summed E-state index contributed by atoms with van der Waals surface area (Å²) in [6.45, 7) is 4.73. The first-order chi connectivity index (χ1) is 6.55. The topological polar surface area (TPSA) is 50.7 Å². The Labute approximate surface area is 84.6 Å². The monoisotopic (exact) mass is 199 g/mol. The zero-order chi connectivity index (χ0) is 10.6. The van der Waals surface area contributed by atoms with Gasteiger partial charge in [-0.1, -0.05) is 5.92 Å². The molecule has 1 rings (SSSR count). The second-order valence-electron chi connectivity index (χ2n) is 3.78. The predicted octanol–water partition coefficient (Wildman–Crippen LogP) is -0.278. The number of aliphatic hydroxyl groups is 1. The number of hydrogen-bond donors (Lipinski definition) is 2. The summed E-state index contributed by atoms with van der Waals surface area (Å²) in [5.74, 6) is 1.83. The van der Waals surface area contributed by atoms with Gasteiger partial charge in [-0.2, -0.15) is 0 Å². The summed E-state index contributed by atoms with van der Waals surface area (Å²) in [6.07, 6.45) is 4.54. The van der Waals surface area contributed by atoms with Crippen LogP contribution in [0.2, 0.25) is 0 Å². The molecule has 0 aromatic rings. The van der Waals surface area contributed by atoms with E-state index in [1.165, 1.54) is 0 Å². The molecular formula is C10H17NO3. The van der Waals surface area contributed by atoms with Crippen molar-refractivity contribution < 1.29 is 14.6 Å². The Morgan fingerprint density at radius 3 is 2.79 bits per heavy atom. The molecule has 1 saturated heterocycles. The van der Waals surface area contributed by atoms with E-state index in [1.807, 2.05) is 13.8 Å². The van der Waals surface area contributed by atoms with Crippen LogP contribution in [-0.4, -0.2) is 42.8 Å². The normalized spacial score (nSPS) is 31.9. The van der Waals surface area contributed by atoms with E-state index >= 15 is 0 Å². The average molecular weight is 199 g/mol. The molecule has 4 heteroatoms. The number of rotatable bonds is 2. The fraction of sp³-hybridized carbons (Fsp3) is 0.800. The number of terminal acetylenes is 1. The molecule has 0 spiro atoms. The van der Waals surface area contributed by atoms with Gasteiger partial charge in [0.15, 0.2) is 5.79 Å². The van der Waals surface area contributed by atoms with Gasteiger partial charge in [0.2, 0.25) is 0 Å². The van der Waals surface area contributed by atoms with E-state index in [-0.39, 0.29) is 12.6 Å². The standard InChI is InChI=1S/C10H17NO3/c1-4-5-11-8-6-13-10(2,3)14-7-9(8)12/h1,8-9,11-12H,5-7H2,2-3H3/t8-,9-/m1/s1. The van der Waals surface area contributed by atoms with Crippen LogP contribution in [0, 0.1) is 12.3 Å². The number of ether oxygens (including phenoxy) is 2. The first kappa shape index (κ1) is 11.5. The van der Waals surface area contributed by atoms with Gasteiger partial charge in [0.1, 0.15) is 0 Å². The zero-order valence-electron chi connectivity index (χ0n) is 8.62. The summed E-state index contributed by atoms with van der Waals surface area (Å²) in [7, 11) is 0. The van der Waals surface area contributed by atoms with Crippen LogP contribution in [0.15, 0.2) is 0 Å². The van der Waals surface area contributed by atoms with Gasteiger partial charge in [-0.25, -0.2) is 0 Å². The average Bonchev–Trinajstić information content (AvgIpc) is 2.25. The van der Waals surface area contributed by atoms with Crippen molar-refractivity contribution >= 4 is 0 Å². The molecule has 0 bridgehead atoms. The minimum absolute atomic E-state index is 0.159. The fourth-order valence-electron chi connectivity index (χ4n) is 1.23. The maximum absolute atomic E-state index is 9.67. The van der Waals surface area contributed by atoms with Gasteiger partial charge in [0.05, 0.1) is 31.9 Å². The second kappa shape index (κ2) is 4.76. The first-order valence-corrected chi connectivity index (χ1v) is 4.68. The Hall–Kier alpha value is -0.600. The lowest BCUT2D eigenvalue weighted by Crippen LogP contribution is -2.44. The number of nitrogens with one attached hydrogen (secondary N) is 1. The summed E-state index contributed by atoms with van der Waals surface area (Å²) in [5, 5.41) is 12.7. The molecule has 4 nitrogen and oxygen atoms in total. The minimum Gasteiger partial charge on any atom is -0.389 e. The molecule has 1 aliphatic heterocycles. The Kier molecular flexibility index (Phi) is 3.90.